The number of phenolic OH excluding ortho intramolecular Hbond substituents is 2. The first kappa shape index (κ1) is 33.9. The molecule has 0 radical (unpaired) electrons. The normalized spacial score (nSPS) is 17.3. The van der Waals surface area contributed by atoms with E-state index in [1.807, 2.05) is 0 Å². The molecule has 1 aromatic carbocycles. The number of carboxylic acid groups (broad SMARTS) is 3. The number of rotatable bonds is 12. The fourth-order valence-electron chi connectivity index (χ4n) is 4.91. The number of hydrogen-bond acceptors (Lipinski definition) is 17. The van der Waals surface area contributed by atoms with Crippen LogP contribution in [0.5, 0.6) is 11.5 Å². The number of aromatic carboxylic acids is 2. The molecule has 8 N–H and O–H groups in total. The Balaban J connectivity index is 1.20. The number of nitrogens with one attached hydrogen (secondary N) is 1. The highest BCUT2D eigenvalue weighted by Gasteiger charge is 2.54. The number of carboxylic acids is 3. The molecule has 258 valence electrons. The van der Waals surface area contributed by atoms with Crippen LogP contribution in [-0.2, 0) is 25.8 Å². The van der Waals surface area contributed by atoms with Gasteiger partial charge in [0.25, 0.3) is 11.8 Å². The van der Waals surface area contributed by atoms with E-state index in [4.69, 9.17) is 10.6 Å². The van der Waals surface area contributed by atoms with Gasteiger partial charge in [-0.3, -0.25) is 14.5 Å². The number of aromatic hydroxyl groups is 2. The first-order chi connectivity index (χ1) is 23.8. The Morgan fingerprint density at radius 3 is 2.56 bits per heavy atom. The lowest BCUT2D eigenvalue weighted by Crippen LogP contribution is -2.71. The number of thioether (sulfide) groups is 2. The van der Waals surface area contributed by atoms with Crippen LogP contribution in [0.15, 0.2) is 51.2 Å². The number of phenols is 2. The predicted octanol–water partition coefficient (Wildman–Crippen LogP) is 0.422. The van der Waals surface area contributed by atoms with Crippen molar-refractivity contribution in [2.75, 3.05) is 17.2 Å². The third kappa shape index (κ3) is 6.30. The molecule has 2 atom stereocenters. The molecule has 0 spiro atoms. The van der Waals surface area contributed by atoms with Crippen LogP contribution < -0.4 is 11.1 Å². The lowest BCUT2D eigenvalue weighted by atomic mass is 10.0. The van der Waals surface area contributed by atoms with Crippen LogP contribution in [-0.4, -0.2) is 114 Å². The molecular weight excluding hydrogens is 723 g/mol. The highest BCUT2D eigenvalue weighted by atomic mass is 32.2. The minimum atomic E-state index is -1.43. The largest absolute Gasteiger partial charge is 0.504 e. The van der Waals surface area contributed by atoms with Gasteiger partial charge in [0.05, 0.1) is 17.3 Å². The van der Waals surface area contributed by atoms with Gasteiger partial charge in [0, 0.05) is 23.0 Å². The number of nitrogens with zero attached hydrogens (tertiary/aromatic N) is 7. The molecule has 20 nitrogen and oxygen atoms in total. The number of β-lactam (4-membered cyclic amide) rings is 1. The Bertz CT molecular complexity index is 2170. The molecule has 1 fully saturated rings. The first-order valence-corrected chi connectivity index (χ1v) is 16.7. The minimum Gasteiger partial charge on any atom is -0.504 e. The number of aliphatic carboxylic acids is 1. The second-order valence-corrected chi connectivity index (χ2v) is 13.2. The van der Waals surface area contributed by atoms with Crippen LogP contribution >= 0.6 is 34.9 Å². The van der Waals surface area contributed by atoms with E-state index in [-0.39, 0.29) is 44.9 Å². The van der Waals surface area contributed by atoms with Crippen molar-refractivity contribution in [2.24, 2.45) is 5.16 Å². The van der Waals surface area contributed by atoms with Crippen molar-refractivity contribution < 1.29 is 54.3 Å². The van der Waals surface area contributed by atoms with Crippen molar-refractivity contribution in [3.8, 4) is 11.5 Å². The van der Waals surface area contributed by atoms with Crippen LogP contribution in [0.2, 0.25) is 0 Å². The summed E-state index contributed by atoms with van der Waals surface area (Å²) in [6.45, 7) is -0.694. The lowest BCUT2D eigenvalue weighted by Gasteiger charge is -2.49. The molecule has 23 heteroatoms. The van der Waals surface area contributed by atoms with Gasteiger partial charge in [-0.15, -0.1) is 40.0 Å². The Morgan fingerprint density at radius 2 is 1.88 bits per heavy atom. The molecule has 0 bridgehead atoms. The molecule has 2 amide bonds. The van der Waals surface area contributed by atoms with E-state index in [1.54, 1.807) is 0 Å². The highest BCUT2D eigenvalue weighted by molar-refractivity contribution is 8.01. The first-order valence-electron chi connectivity index (χ1n) is 13.8. The van der Waals surface area contributed by atoms with Crippen molar-refractivity contribution in [1.82, 2.24) is 35.0 Å². The molecule has 1 saturated heterocycles. The van der Waals surface area contributed by atoms with Crippen molar-refractivity contribution in [1.29, 1.82) is 0 Å². The maximum atomic E-state index is 13.5. The topological polar surface area (TPSA) is 305 Å². The quantitative estimate of drug-likeness (QED) is 0.0258. The average molecular weight is 744 g/mol. The number of nitrogens with two attached hydrogens (primary N) is 1. The standard InChI is InChI=1S/C27H21N9O11S3/c28-27-31-13(8-50-27)17(33-47-5-11-10(24(41)42)1-2-14(37)20(11)38)21(39)32-18-22(40)35-19(26(45)46)9(7-49-23(18)35)6-48-16-3-12(25(43)44)30-15-4-29-34-36(15)16/h1-4,8,18,23,37-38H,5-7H2,(H2,28,31)(H,32,39)(H,41,42)(H,43,44)(H,45,46)/b33-17-/t18-,23-/m1/s1. The second kappa shape index (κ2) is 13.5. The lowest BCUT2D eigenvalue weighted by molar-refractivity contribution is -0.150. The van der Waals surface area contributed by atoms with Crippen molar-refractivity contribution >= 4 is 81.1 Å². The van der Waals surface area contributed by atoms with Gasteiger partial charge in [0.2, 0.25) is 0 Å². The number of hydrogen-bond donors (Lipinski definition) is 7. The van der Waals surface area contributed by atoms with Crippen LogP contribution in [0.3, 0.4) is 0 Å². The molecule has 2 aliphatic rings. The van der Waals surface area contributed by atoms with E-state index in [9.17, 15) is 49.5 Å². The number of anilines is 1. The maximum Gasteiger partial charge on any atom is 0.354 e. The summed E-state index contributed by atoms with van der Waals surface area (Å²) < 4.78 is 1.30. The summed E-state index contributed by atoms with van der Waals surface area (Å²) in [5.74, 6) is -7.00. The highest BCUT2D eigenvalue weighted by Crippen LogP contribution is 2.42. The van der Waals surface area contributed by atoms with E-state index in [0.717, 1.165) is 40.1 Å². The SMILES string of the molecule is Nc1nc(/C(=N/OCc2c(C(=O)O)ccc(O)c2O)C(=O)N[C@@H]2C(=O)N3C(C(=O)O)=C(CSc4cc(C(=O)O)nc5cnnn45)CS[C@H]23)cs1. The predicted molar refractivity (Wildman–Crippen MR) is 173 cm³/mol. The van der Waals surface area contributed by atoms with Gasteiger partial charge in [-0.1, -0.05) is 10.4 Å². The van der Waals surface area contributed by atoms with Crippen LogP contribution in [0.1, 0.15) is 32.1 Å². The summed E-state index contributed by atoms with van der Waals surface area (Å²) in [6, 6.07) is 2.09. The van der Waals surface area contributed by atoms with Crippen LogP contribution in [0, 0.1) is 0 Å². The van der Waals surface area contributed by atoms with Gasteiger partial charge in [0.1, 0.15) is 34.4 Å². The summed E-state index contributed by atoms with van der Waals surface area (Å²) in [6.07, 6.45) is 1.27. The van der Waals surface area contributed by atoms with Gasteiger partial charge >= 0.3 is 17.9 Å². The van der Waals surface area contributed by atoms with Gasteiger partial charge in [0.15, 0.2) is 33.7 Å². The van der Waals surface area contributed by atoms with E-state index in [1.165, 1.54) is 33.9 Å². The van der Waals surface area contributed by atoms with E-state index < -0.39 is 70.5 Å². The smallest absolute Gasteiger partial charge is 0.354 e. The number of oxime groups is 1. The Hall–Kier alpha value is -5.94. The zero-order valence-electron chi connectivity index (χ0n) is 24.8. The Kier molecular flexibility index (Phi) is 9.18. The van der Waals surface area contributed by atoms with Crippen LogP contribution in [0.25, 0.3) is 5.65 Å². The van der Waals surface area contributed by atoms with E-state index in [2.05, 4.69) is 30.8 Å². The van der Waals surface area contributed by atoms with Gasteiger partial charge in [-0.25, -0.2) is 24.4 Å². The third-order valence-electron chi connectivity index (χ3n) is 7.22. The zero-order valence-corrected chi connectivity index (χ0v) is 27.2. The summed E-state index contributed by atoms with van der Waals surface area (Å²) in [4.78, 5) is 76.6. The minimum absolute atomic E-state index is 0.0396. The monoisotopic (exact) mass is 743 g/mol. The molecule has 0 saturated carbocycles. The summed E-state index contributed by atoms with van der Waals surface area (Å²) in [5, 5.41) is 63.8. The van der Waals surface area contributed by atoms with Crippen molar-refractivity contribution in [2.45, 2.75) is 23.0 Å². The fourth-order valence-corrected chi connectivity index (χ4v) is 7.94. The summed E-state index contributed by atoms with van der Waals surface area (Å²) in [5.41, 5.74) is 4.45. The maximum absolute atomic E-state index is 13.5. The van der Waals surface area contributed by atoms with Crippen molar-refractivity contribution in [3.63, 3.8) is 0 Å². The molecule has 0 unspecified atom stereocenters. The average Bonchev–Trinajstić information content (AvgIpc) is 3.74. The molecule has 50 heavy (non-hydrogen) atoms. The number of aromatic nitrogens is 5. The van der Waals surface area contributed by atoms with Gasteiger partial charge in [-0.2, -0.15) is 4.52 Å². The number of nitrogen functional groups attached to an aromatic ring is 1. The van der Waals surface area contributed by atoms with E-state index in [0.29, 0.717) is 10.6 Å². The number of benzene rings is 1. The zero-order chi connectivity index (χ0) is 35.9. The number of thiazole rings is 1. The summed E-state index contributed by atoms with van der Waals surface area (Å²) >= 11 is 3.22. The van der Waals surface area contributed by atoms with Gasteiger partial charge in [-0.05, 0) is 17.7 Å². The molecular formula is C27H21N9O11S3. The number of amides is 2. The molecule has 5 heterocycles. The molecule has 3 aromatic heterocycles. The molecule has 4 aromatic rings. The number of carbonyl (C=O) groups is 5. The Labute approximate surface area is 290 Å². The third-order valence-corrected chi connectivity index (χ3v) is 10.3. The van der Waals surface area contributed by atoms with Gasteiger partial charge < -0.3 is 41.4 Å². The number of carbonyl (C=O) groups excluding carboxylic acids is 2. The number of fused-ring (bicyclic) bond motifs is 2. The van der Waals surface area contributed by atoms with E-state index >= 15 is 0 Å². The second-order valence-electron chi connectivity index (χ2n) is 10.2. The fraction of sp³-hybridized carbons (Fsp3) is 0.185. The van der Waals surface area contributed by atoms with Crippen molar-refractivity contribution in [3.05, 3.63) is 63.6 Å². The molecule has 2 aliphatic heterocycles. The Morgan fingerprint density at radius 1 is 1.10 bits per heavy atom. The van der Waals surface area contributed by atoms with Crippen LogP contribution in [0.4, 0.5) is 5.13 Å². The molecule has 6 rings (SSSR count). The summed E-state index contributed by atoms with van der Waals surface area (Å²) in [7, 11) is 0. The molecule has 0 aliphatic carbocycles.